The average molecular weight is 487 g/mol. The van der Waals surface area contributed by atoms with Crippen molar-refractivity contribution in [3.8, 4) is 0 Å². The van der Waals surface area contributed by atoms with Crippen LogP contribution in [0.1, 0.15) is 79.6 Å². The Morgan fingerprint density at radius 2 is 1.80 bits per heavy atom. The Labute approximate surface area is 206 Å². The maximum atomic E-state index is 13.3. The summed E-state index contributed by atoms with van der Waals surface area (Å²) in [5.41, 5.74) is -5.56. The lowest BCUT2D eigenvalue weighted by Gasteiger charge is -2.63. The second kappa shape index (κ2) is 6.66. The lowest BCUT2D eigenvalue weighted by molar-refractivity contribution is -0.282. The van der Waals surface area contributed by atoms with Crippen molar-refractivity contribution >= 4 is 11.8 Å². The van der Waals surface area contributed by atoms with E-state index in [1.54, 1.807) is 19.9 Å². The number of fused-ring (bicyclic) bond motifs is 4. The van der Waals surface area contributed by atoms with Crippen LogP contribution in [0.15, 0.2) is 23.3 Å². The Morgan fingerprint density at radius 3 is 2.49 bits per heavy atom. The molecule has 192 valence electrons. The van der Waals surface area contributed by atoms with E-state index in [9.17, 15) is 24.9 Å². The van der Waals surface area contributed by atoms with Crippen molar-refractivity contribution in [3.63, 3.8) is 0 Å². The molecule has 1 saturated heterocycles. The number of carbonyl (C=O) groups excluding carboxylic acids is 2. The van der Waals surface area contributed by atoms with E-state index in [1.165, 1.54) is 0 Å². The average Bonchev–Trinajstić information content (AvgIpc) is 3.46. The Bertz CT molecular complexity index is 1090. The minimum atomic E-state index is -1.77. The van der Waals surface area contributed by atoms with Crippen LogP contribution in [0.25, 0.3) is 0 Å². The zero-order valence-electron chi connectivity index (χ0n) is 21.4. The molecular weight excluding hydrogens is 448 g/mol. The second-order valence-corrected chi connectivity index (χ2v) is 12.9. The highest BCUT2D eigenvalue weighted by Gasteiger charge is 2.82. The van der Waals surface area contributed by atoms with Crippen molar-refractivity contribution in [2.24, 2.45) is 22.7 Å². The first kappa shape index (κ1) is 23.8. The van der Waals surface area contributed by atoms with Crippen LogP contribution in [0.4, 0.5) is 0 Å². The lowest BCUT2D eigenvalue weighted by atomic mass is 9.42. The molecule has 1 spiro atoms. The van der Waals surface area contributed by atoms with Crippen molar-refractivity contribution in [1.29, 1.82) is 0 Å². The van der Waals surface area contributed by atoms with Crippen LogP contribution in [0, 0.1) is 22.7 Å². The molecule has 3 N–H and O–H groups in total. The minimum absolute atomic E-state index is 0.0654. The first-order chi connectivity index (χ1) is 16.2. The van der Waals surface area contributed by atoms with E-state index < -0.39 is 45.3 Å². The van der Waals surface area contributed by atoms with Gasteiger partial charge in [-0.3, -0.25) is 4.79 Å². The zero-order valence-corrected chi connectivity index (χ0v) is 21.4. The smallest absolute Gasteiger partial charge is 0.334 e. The van der Waals surface area contributed by atoms with Crippen LogP contribution in [0.2, 0.25) is 0 Å². The Morgan fingerprint density at radius 1 is 1.09 bits per heavy atom. The Hall–Kier alpha value is -1.54. The molecule has 0 bridgehead atoms. The number of cyclic esters (lactones) is 1. The van der Waals surface area contributed by atoms with Gasteiger partial charge in [0.1, 0.15) is 22.9 Å². The summed E-state index contributed by atoms with van der Waals surface area (Å²) in [4.78, 5) is 25.8. The van der Waals surface area contributed by atoms with Crippen LogP contribution in [0.5, 0.6) is 0 Å². The van der Waals surface area contributed by atoms with E-state index >= 15 is 0 Å². The highest BCUT2D eigenvalue weighted by molar-refractivity contribution is 5.97. The number of ether oxygens (including phenoxy) is 2. The van der Waals surface area contributed by atoms with Crippen molar-refractivity contribution in [2.75, 3.05) is 0 Å². The number of rotatable bonds is 2. The molecule has 4 aliphatic carbocycles. The van der Waals surface area contributed by atoms with Crippen LogP contribution >= 0.6 is 0 Å². The van der Waals surface area contributed by atoms with E-state index in [0.717, 1.165) is 12.0 Å². The van der Waals surface area contributed by atoms with Gasteiger partial charge in [0.15, 0.2) is 5.78 Å². The highest BCUT2D eigenvalue weighted by atomic mass is 16.6. The molecule has 4 fully saturated rings. The molecule has 6 rings (SSSR count). The van der Waals surface area contributed by atoms with Gasteiger partial charge in [0.05, 0.1) is 17.1 Å². The maximum Gasteiger partial charge on any atom is 0.334 e. The van der Waals surface area contributed by atoms with Gasteiger partial charge in [-0.25, -0.2) is 4.79 Å². The van der Waals surface area contributed by atoms with Gasteiger partial charge in [-0.2, -0.15) is 0 Å². The summed E-state index contributed by atoms with van der Waals surface area (Å²) in [6, 6.07) is 0. The maximum absolute atomic E-state index is 13.3. The molecule has 0 radical (unpaired) electrons. The van der Waals surface area contributed by atoms with Crippen LogP contribution in [-0.2, 0) is 19.1 Å². The third-order valence-corrected chi connectivity index (χ3v) is 12.0. The van der Waals surface area contributed by atoms with E-state index in [-0.39, 0.29) is 30.1 Å². The number of esters is 1. The van der Waals surface area contributed by atoms with Crippen molar-refractivity contribution < 1.29 is 34.4 Å². The fourth-order valence-electron chi connectivity index (χ4n) is 9.34. The molecular formula is C28H38O7. The van der Waals surface area contributed by atoms with Gasteiger partial charge < -0.3 is 24.8 Å². The van der Waals surface area contributed by atoms with Gasteiger partial charge in [0, 0.05) is 17.4 Å². The number of epoxide rings is 1. The molecule has 7 nitrogen and oxygen atoms in total. The number of carbonyl (C=O) groups is 2. The molecule has 0 aromatic rings. The molecule has 3 saturated carbocycles. The molecule has 35 heavy (non-hydrogen) atoms. The van der Waals surface area contributed by atoms with E-state index in [4.69, 9.17) is 9.47 Å². The Balaban J connectivity index is 1.39. The number of hydrogen-bond acceptors (Lipinski definition) is 7. The van der Waals surface area contributed by atoms with Gasteiger partial charge in [-0.15, -0.1) is 0 Å². The summed E-state index contributed by atoms with van der Waals surface area (Å²) in [7, 11) is 0. The standard InChI is InChI=1S/C28H38O7/c1-15-13-20(34-22(30)16(15)2)25(5,31)28(33)12-11-26(32)18-14-21-27(35-21)9-6-7-19(29)24(27,4)17(18)8-10-23(26,28)3/h6-7,17-18,20-21,31-33H,8-14H2,1-5H3/t17-,18+,20-,21+,23-,24-,25+,26+,27-,28-/m0/s1. The first-order valence-corrected chi connectivity index (χ1v) is 13.1. The molecule has 0 aromatic carbocycles. The van der Waals surface area contributed by atoms with E-state index in [2.05, 4.69) is 0 Å². The third kappa shape index (κ3) is 2.42. The predicted molar refractivity (Wildman–Crippen MR) is 126 cm³/mol. The second-order valence-electron chi connectivity index (χ2n) is 12.9. The van der Waals surface area contributed by atoms with Crippen LogP contribution < -0.4 is 0 Å². The van der Waals surface area contributed by atoms with Crippen molar-refractivity contribution in [1.82, 2.24) is 0 Å². The largest absolute Gasteiger partial charge is 0.455 e. The lowest BCUT2D eigenvalue weighted by Crippen LogP contribution is -2.73. The zero-order chi connectivity index (χ0) is 25.4. The van der Waals surface area contributed by atoms with Crippen molar-refractivity contribution in [3.05, 3.63) is 23.3 Å². The van der Waals surface area contributed by atoms with E-state index in [1.807, 2.05) is 26.8 Å². The number of hydrogen-bond donors (Lipinski definition) is 3. The minimum Gasteiger partial charge on any atom is -0.455 e. The van der Waals surface area contributed by atoms with Crippen LogP contribution in [-0.4, -0.2) is 61.7 Å². The molecule has 10 atom stereocenters. The number of ketones is 1. The van der Waals surface area contributed by atoms with Gasteiger partial charge in [-0.05, 0) is 84.1 Å². The fraction of sp³-hybridized carbons (Fsp3) is 0.786. The van der Waals surface area contributed by atoms with Crippen LogP contribution in [0.3, 0.4) is 0 Å². The molecule has 6 aliphatic rings. The predicted octanol–water partition coefficient (Wildman–Crippen LogP) is 2.75. The summed E-state index contributed by atoms with van der Waals surface area (Å²) in [6.45, 7) is 9.00. The quantitative estimate of drug-likeness (QED) is 0.406. The van der Waals surface area contributed by atoms with Gasteiger partial charge in [-0.1, -0.05) is 18.6 Å². The summed E-state index contributed by atoms with van der Waals surface area (Å²) in [5.74, 6) is -0.703. The fourth-order valence-corrected chi connectivity index (χ4v) is 9.34. The SMILES string of the molecule is CC1=C(C)C(=O)O[C@H]([C@@](C)(O)[C@]2(O)CC[C@@]3(O)[C@@H]4C[C@H]5O[C@@]56CC=CC(=O)[C@]6(C)[C@H]4CC[C@]23C)C1. The number of allylic oxidation sites excluding steroid dienone is 1. The van der Waals surface area contributed by atoms with Gasteiger partial charge in [0.2, 0.25) is 0 Å². The summed E-state index contributed by atoms with van der Waals surface area (Å²) in [6.07, 6.45) is 5.91. The topological polar surface area (TPSA) is 117 Å². The third-order valence-electron chi connectivity index (χ3n) is 12.0. The molecule has 0 amide bonds. The highest BCUT2D eigenvalue weighted by Crippen LogP contribution is 2.75. The Kier molecular flexibility index (Phi) is 4.53. The molecule has 2 heterocycles. The number of aliphatic hydroxyl groups is 3. The molecule has 0 aromatic heterocycles. The summed E-state index contributed by atoms with van der Waals surface area (Å²) < 4.78 is 11.9. The molecule has 7 heteroatoms. The summed E-state index contributed by atoms with van der Waals surface area (Å²) in [5, 5.41) is 36.7. The van der Waals surface area contributed by atoms with E-state index in [0.29, 0.717) is 37.7 Å². The van der Waals surface area contributed by atoms with Gasteiger partial charge >= 0.3 is 5.97 Å². The monoisotopic (exact) mass is 486 g/mol. The van der Waals surface area contributed by atoms with Crippen molar-refractivity contribution in [2.45, 2.75) is 114 Å². The van der Waals surface area contributed by atoms with Gasteiger partial charge in [0.25, 0.3) is 0 Å². The molecule has 0 unspecified atom stereocenters. The molecule has 2 aliphatic heterocycles. The first-order valence-electron chi connectivity index (χ1n) is 13.1. The normalized spacial score (nSPS) is 54.3. The summed E-state index contributed by atoms with van der Waals surface area (Å²) >= 11 is 0.